The predicted molar refractivity (Wildman–Crippen MR) is 167 cm³/mol. The van der Waals surface area contributed by atoms with Gasteiger partial charge in [-0.15, -0.1) is 22.7 Å². The van der Waals surface area contributed by atoms with Crippen LogP contribution in [0.2, 0.25) is 0 Å². The monoisotopic (exact) mass is 660 g/mol. The number of nitrogens with zero attached hydrogens (tertiary/aromatic N) is 3. The van der Waals surface area contributed by atoms with Crippen molar-refractivity contribution in [3.05, 3.63) is 32.2 Å². The van der Waals surface area contributed by atoms with Gasteiger partial charge in [0.1, 0.15) is 39.5 Å². The third-order valence-electron chi connectivity index (χ3n) is 7.62. The highest BCUT2D eigenvalue weighted by atomic mass is 32.1. The first-order chi connectivity index (χ1) is 21.3. The van der Waals surface area contributed by atoms with Gasteiger partial charge in [-0.2, -0.15) is 0 Å². The maximum atomic E-state index is 13.6. The molecule has 0 unspecified atom stereocenters. The molecule has 4 bridgehead atoms. The summed E-state index contributed by atoms with van der Waals surface area (Å²) in [6, 6.07) is -3.47. The highest BCUT2D eigenvalue weighted by Gasteiger charge is 2.38. The highest BCUT2D eigenvalue weighted by molar-refractivity contribution is 7.10. The molecular weight excluding hydrogens is 621 g/mol. The number of thiazole rings is 2. The summed E-state index contributed by atoms with van der Waals surface area (Å²) in [6.07, 6.45) is 1.44. The molecule has 16 heteroatoms. The summed E-state index contributed by atoms with van der Waals surface area (Å²) in [6.45, 7) is 7.80. The van der Waals surface area contributed by atoms with Gasteiger partial charge < -0.3 is 31.9 Å². The van der Waals surface area contributed by atoms with Crippen molar-refractivity contribution in [2.24, 2.45) is 17.6 Å². The van der Waals surface area contributed by atoms with E-state index in [0.717, 1.165) is 11.3 Å². The molecule has 0 aromatic carbocycles. The molecule has 2 aliphatic heterocycles. The van der Waals surface area contributed by atoms with E-state index in [1.54, 1.807) is 24.6 Å². The van der Waals surface area contributed by atoms with E-state index >= 15 is 0 Å². The van der Waals surface area contributed by atoms with Crippen molar-refractivity contribution >= 4 is 58.1 Å². The molecule has 4 rings (SSSR count). The molecule has 2 aliphatic rings. The number of primary amides is 1. The maximum Gasteiger partial charge on any atom is 0.274 e. The first kappa shape index (κ1) is 34.0. The first-order valence-electron chi connectivity index (χ1n) is 15.0. The zero-order valence-electron chi connectivity index (χ0n) is 25.8. The lowest BCUT2D eigenvalue weighted by atomic mass is 9.99. The summed E-state index contributed by atoms with van der Waals surface area (Å²) in [5.41, 5.74) is 5.67. The van der Waals surface area contributed by atoms with Gasteiger partial charge in [-0.05, 0) is 37.5 Å². The van der Waals surface area contributed by atoms with Crippen molar-refractivity contribution in [2.45, 2.75) is 90.5 Å². The third-order valence-corrected chi connectivity index (χ3v) is 9.43. The molecule has 1 saturated heterocycles. The molecule has 0 spiro atoms. The normalized spacial score (nSPS) is 23.6. The van der Waals surface area contributed by atoms with E-state index in [9.17, 15) is 28.8 Å². The van der Waals surface area contributed by atoms with Gasteiger partial charge in [-0.1, -0.05) is 27.7 Å². The predicted octanol–water partition coefficient (Wildman–Crippen LogP) is 1.24. The number of amides is 6. The fourth-order valence-electron chi connectivity index (χ4n) is 5.28. The molecule has 45 heavy (non-hydrogen) atoms. The topological polar surface area (TPSA) is 206 Å². The molecule has 14 nitrogen and oxygen atoms in total. The lowest BCUT2D eigenvalue weighted by Gasteiger charge is -2.29. The summed E-state index contributed by atoms with van der Waals surface area (Å²) >= 11 is 2.35. The van der Waals surface area contributed by atoms with Crippen LogP contribution in [0.15, 0.2) is 10.8 Å². The number of aromatic nitrogens is 2. The largest absolute Gasteiger partial charge is 0.370 e. The van der Waals surface area contributed by atoms with E-state index in [4.69, 9.17) is 5.73 Å². The molecular formula is C29H40N8O6S2. The summed E-state index contributed by atoms with van der Waals surface area (Å²) in [4.78, 5) is 89.0. The number of fused-ring (bicyclic) bond motifs is 5. The van der Waals surface area contributed by atoms with E-state index in [2.05, 4.69) is 31.2 Å². The van der Waals surface area contributed by atoms with Crippen LogP contribution in [0.25, 0.3) is 0 Å². The van der Waals surface area contributed by atoms with Crippen LogP contribution >= 0.6 is 22.7 Å². The van der Waals surface area contributed by atoms with Gasteiger partial charge in [-0.25, -0.2) is 9.97 Å². The lowest BCUT2D eigenvalue weighted by molar-refractivity contribution is -0.134. The molecule has 6 N–H and O–H groups in total. The minimum Gasteiger partial charge on any atom is -0.370 e. The second kappa shape index (κ2) is 14.9. The number of carbonyl (C=O) groups is 6. The minimum atomic E-state index is -0.986. The molecule has 1 fully saturated rings. The van der Waals surface area contributed by atoms with E-state index in [0.29, 0.717) is 35.8 Å². The average Bonchev–Trinajstić information content (AvgIpc) is 3.76. The van der Waals surface area contributed by atoms with Gasteiger partial charge >= 0.3 is 0 Å². The molecule has 244 valence electrons. The number of rotatable bonds is 6. The van der Waals surface area contributed by atoms with Crippen LogP contribution in [0.5, 0.6) is 0 Å². The third kappa shape index (κ3) is 8.63. The lowest BCUT2D eigenvalue weighted by Crippen LogP contribution is -2.58. The van der Waals surface area contributed by atoms with Crippen LogP contribution in [-0.4, -0.2) is 75.0 Å². The van der Waals surface area contributed by atoms with Crippen molar-refractivity contribution < 1.29 is 28.8 Å². The SMILES string of the molecule is CC(C)C[C@H]1NC(=O)[C@H]2CCCN2C(=O)c2csc(n2)CNC(=O)c2csc(n2)[C@@H](CCC(N)=O)NC(=O)[C@@H](C(C)C)NC1=O. The molecule has 6 amide bonds. The average molecular weight is 661 g/mol. The van der Waals surface area contributed by atoms with E-state index in [1.165, 1.54) is 16.2 Å². The Balaban J connectivity index is 1.69. The number of carbonyl (C=O) groups excluding carboxylic acids is 6. The standard InChI is InChI=1S/C29H40N8O6S2/c1-14(2)10-17-25(40)36-23(15(3)4)27(42)33-16(7-8-21(30)38)28-35-18(12-45-28)24(39)31-11-22-32-19(13-44-22)29(43)37-9-5-6-20(37)26(41)34-17/h12-17,20,23H,5-11H2,1-4H3,(H2,30,38)(H,31,39)(H,33,42)(H,34,41)(H,36,40)/t16-,17-,20-,23-/m1/s1. The zero-order valence-corrected chi connectivity index (χ0v) is 27.4. The van der Waals surface area contributed by atoms with Crippen molar-refractivity contribution in [1.82, 2.24) is 36.1 Å². The molecule has 0 aliphatic carbocycles. The minimum absolute atomic E-state index is 0.0326. The van der Waals surface area contributed by atoms with Crippen LogP contribution in [0.3, 0.4) is 0 Å². The molecule has 4 heterocycles. The molecule has 0 radical (unpaired) electrons. The van der Waals surface area contributed by atoms with Gasteiger partial charge in [0.2, 0.25) is 23.6 Å². The summed E-state index contributed by atoms with van der Waals surface area (Å²) in [5, 5.41) is 15.3. The Labute approximate surface area is 269 Å². The second-order valence-corrected chi connectivity index (χ2v) is 13.9. The Morgan fingerprint density at radius 3 is 2.36 bits per heavy atom. The number of hydrogen-bond acceptors (Lipinski definition) is 10. The van der Waals surface area contributed by atoms with Gasteiger partial charge in [0.15, 0.2) is 0 Å². The fraction of sp³-hybridized carbons (Fsp3) is 0.586. The van der Waals surface area contributed by atoms with Crippen molar-refractivity contribution in [3.63, 3.8) is 0 Å². The Hall–Kier alpha value is -3.92. The quantitative estimate of drug-likeness (QED) is 0.304. The Morgan fingerprint density at radius 2 is 1.67 bits per heavy atom. The summed E-state index contributed by atoms with van der Waals surface area (Å²) in [5.74, 6) is -3.25. The molecule has 4 atom stereocenters. The van der Waals surface area contributed by atoms with E-state index in [-0.39, 0.29) is 42.6 Å². The zero-order chi connectivity index (χ0) is 32.8. The summed E-state index contributed by atoms with van der Waals surface area (Å²) in [7, 11) is 0. The van der Waals surface area contributed by atoms with E-state index in [1.807, 2.05) is 13.8 Å². The number of hydrogen-bond donors (Lipinski definition) is 5. The van der Waals surface area contributed by atoms with Gasteiger partial charge in [0.05, 0.1) is 12.6 Å². The van der Waals surface area contributed by atoms with Gasteiger partial charge in [0.25, 0.3) is 11.8 Å². The number of nitrogens with one attached hydrogen (secondary N) is 4. The maximum absolute atomic E-state index is 13.6. The Bertz CT molecular complexity index is 1440. The first-order valence-corrected chi connectivity index (χ1v) is 16.8. The van der Waals surface area contributed by atoms with Crippen LogP contribution in [0.1, 0.15) is 96.8 Å². The smallest absolute Gasteiger partial charge is 0.274 e. The van der Waals surface area contributed by atoms with Crippen molar-refractivity contribution in [3.8, 4) is 0 Å². The number of nitrogens with two attached hydrogens (primary N) is 1. The van der Waals surface area contributed by atoms with Crippen LogP contribution in [0.4, 0.5) is 0 Å². The Morgan fingerprint density at radius 1 is 0.956 bits per heavy atom. The van der Waals surface area contributed by atoms with Crippen molar-refractivity contribution in [2.75, 3.05) is 6.54 Å². The van der Waals surface area contributed by atoms with Crippen LogP contribution < -0.4 is 27.0 Å². The van der Waals surface area contributed by atoms with E-state index < -0.39 is 59.6 Å². The van der Waals surface area contributed by atoms with Crippen LogP contribution in [0, 0.1) is 11.8 Å². The van der Waals surface area contributed by atoms with Gasteiger partial charge in [-0.3, -0.25) is 28.8 Å². The van der Waals surface area contributed by atoms with Crippen molar-refractivity contribution in [1.29, 1.82) is 0 Å². The Kier molecular flexibility index (Phi) is 11.3. The molecule has 0 saturated carbocycles. The van der Waals surface area contributed by atoms with Crippen LogP contribution in [-0.2, 0) is 25.7 Å². The summed E-state index contributed by atoms with van der Waals surface area (Å²) < 4.78 is 0. The highest BCUT2D eigenvalue weighted by Crippen LogP contribution is 2.25. The molecule has 2 aromatic rings. The van der Waals surface area contributed by atoms with Gasteiger partial charge in [0, 0.05) is 23.7 Å². The molecule has 2 aromatic heterocycles. The second-order valence-electron chi connectivity index (χ2n) is 12.0. The fourth-order valence-corrected chi connectivity index (χ4v) is 6.88.